The molecule has 190 valence electrons. The van der Waals surface area contributed by atoms with Crippen LogP contribution in [0.15, 0.2) is 42.5 Å². The molecule has 0 unspecified atom stereocenters. The van der Waals surface area contributed by atoms with Crippen molar-refractivity contribution in [1.29, 1.82) is 0 Å². The predicted octanol–water partition coefficient (Wildman–Crippen LogP) is 3.18. The molecule has 0 aliphatic heterocycles. The summed E-state index contributed by atoms with van der Waals surface area (Å²) in [6.45, 7) is 3.46. The van der Waals surface area contributed by atoms with Crippen LogP contribution in [0.1, 0.15) is 11.1 Å². The lowest BCUT2D eigenvalue weighted by atomic mass is 10.1. The molecule has 0 aliphatic carbocycles. The maximum absolute atomic E-state index is 10.2. The van der Waals surface area contributed by atoms with Crippen molar-refractivity contribution in [2.45, 2.75) is 18.9 Å². The van der Waals surface area contributed by atoms with Gasteiger partial charge in [0.25, 0.3) is 0 Å². The average molecular weight is 511 g/mol. The highest BCUT2D eigenvalue weighted by atomic mass is 33.1. The number of nitrogens with one attached hydrogen (secondary N) is 1. The summed E-state index contributed by atoms with van der Waals surface area (Å²) in [6.07, 6.45) is 1.11. The van der Waals surface area contributed by atoms with Crippen LogP contribution < -0.4 is 25.3 Å². The van der Waals surface area contributed by atoms with Crippen molar-refractivity contribution in [1.82, 2.24) is 5.32 Å². The molecule has 9 heteroatoms. The van der Waals surface area contributed by atoms with Gasteiger partial charge in [0.15, 0.2) is 11.5 Å². The van der Waals surface area contributed by atoms with E-state index in [1.165, 1.54) is 5.56 Å². The lowest BCUT2D eigenvalue weighted by Gasteiger charge is -2.14. The van der Waals surface area contributed by atoms with Gasteiger partial charge in [-0.3, -0.25) is 0 Å². The van der Waals surface area contributed by atoms with Gasteiger partial charge in [-0.05, 0) is 54.8 Å². The van der Waals surface area contributed by atoms with E-state index < -0.39 is 6.10 Å². The maximum Gasteiger partial charge on any atom is 0.161 e. The molecule has 2 aromatic rings. The number of nitrogens with two attached hydrogens (primary N) is 1. The van der Waals surface area contributed by atoms with Gasteiger partial charge in [-0.25, -0.2) is 0 Å². The Morgan fingerprint density at radius 2 is 1.68 bits per heavy atom. The number of benzene rings is 2. The molecular formula is C25H38N2O5S2. The van der Waals surface area contributed by atoms with E-state index in [1.54, 1.807) is 35.8 Å². The standard InChI is InChI=1S/C25H38N2O5S2/c1-29-13-10-20-3-6-23(7-4-20)32-19-22(28)18-27-12-9-21-5-8-24(25(17-21)30-2)31-14-16-34-33-15-11-26/h3-8,17,22,27-28H,9-16,18-19,26H2,1-2H3/t22-/m1/s1. The Bertz CT molecular complexity index is 795. The van der Waals surface area contributed by atoms with E-state index in [4.69, 9.17) is 24.7 Å². The second-order valence-corrected chi connectivity index (χ2v) is 10.3. The van der Waals surface area contributed by atoms with Crippen LogP contribution in [-0.4, -0.2) is 76.4 Å². The summed E-state index contributed by atoms with van der Waals surface area (Å²) in [7, 11) is 6.88. The molecular weight excluding hydrogens is 472 g/mol. The Morgan fingerprint density at radius 3 is 2.41 bits per heavy atom. The highest BCUT2D eigenvalue weighted by molar-refractivity contribution is 8.76. The molecule has 1 atom stereocenters. The van der Waals surface area contributed by atoms with E-state index in [2.05, 4.69) is 5.32 Å². The second-order valence-electron chi connectivity index (χ2n) is 7.57. The molecule has 34 heavy (non-hydrogen) atoms. The van der Waals surface area contributed by atoms with Gasteiger partial charge in [-0.2, -0.15) is 0 Å². The molecule has 0 amide bonds. The molecule has 0 aromatic heterocycles. The van der Waals surface area contributed by atoms with Crippen LogP contribution >= 0.6 is 21.6 Å². The van der Waals surface area contributed by atoms with Gasteiger partial charge in [0.05, 0.1) is 20.3 Å². The molecule has 4 N–H and O–H groups in total. The zero-order chi connectivity index (χ0) is 24.4. The first-order valence-corrected chi connectivity index (χ1v) is 14.0. The number of methoxy groups -OCH3 is 2. The highest BCUT2D eigenvalue weighted by Crippen LogP contribution is 2.29. The molecule has 0 spiro atoms. The minimum absolute atomic E-state index is 0.243. The minimum atomic E-state index is -0.584. The molecule has 7 nitrogen and oxygen atoms in total. The van der Waals surface area contributed by atoms with E-state index >= 15 is 0 Å². The van der Waals surface area contributed by atoms with Crippen LogP contribution in [0.2, 0.25) is 0 Å². The van der Waals surface area contributed by atoms with Gasteiger partial charge in [0.2, 0.25) is 0 Å². The summed E-state index contributed by atoms with van der Waals surface area (Å²) in [5.74, 6) is 4.08. The Labute approximate surface area is 211 Å². The van der Waals surface area contributed by atoms with Crippen LogP contribution in [0.4, 0.5) is 0 Å². The third kappa shape index (κ3) is 11.7. The third-order valence-corrected chi connectivity index (χ3v) is 7.27. The first-order chi connectivity index (χ1) is 16.7. The number of ether oxygens (including phenoxy) is 4. The summed E-state index contributed by atoms with van der Waals surface area (Å²) >= 11 is 0. The van der Waals surface area contributed by atoms with Crippen LogP contribution in [0, 0.1) is 0 Å². The second kappa shape index (κ2) is 17.8. The number of hydrogen-bond acceptors (Lipinski definition) is 9. The molecule has 0 heterocycles. The summed E-state index contributed by atoms with van der Waals surface area (Å²) in [5, 5.41) is 13.5. The van der Waals surface area contributed by atoms with E-state index in [0.717, 1.165) is 53.7 Å². The van der Waals surface area contributed by atoms with Gasteiger partial charge in [-0.1, -0.05) is 39.8 Å². The monoisotopic (exact) mass is 510 g/mol. The fraction of sp³-hybridized carbons (Fsp3) is 0.520. The fourth-order valence-corrected chi connectivity index (χ4v) is 4.75. The van der Waals surface area contributed by atoms with Crippen molar-refractivity contribution < 1.29 is 24.1 Å². The van der Waals surface area contributed by atoms with Gasteiger partial charge in [0.1, 0.15) is 18.5 Å². The SMILES string of the molecule is COCCc1ccc(OC[C@H](O)CNCCc2ccc(OCCSSCCN)c(OC)c2)cc1. The Balaban J connectivity index is 1.63. The van der Waals surface area contributed by atoms with Gasteiger partial charge >= 0.3 is 0 Å². The molecule has 0 bridgehead atoms. The summed E-state index contributed by atoms with van der Waals surface area (Å²) < 4.78 is 22.1. The zero-order valence-electron chi connectivity index (χ0n) is 20.2. The Kier molecular flexibility index (Phi) is 14.9. The average Bonchev–Trinajstić information content (AvgIpc) is 2.87. The largest absolute Gasteiger partial charge is 0.493 e. The molecule has 0 radical (unpaired) electrons. The number of rotatable bonds is 19. The summed E-state index contributed by atoms with van der Waals surface area (Å²) in [6, 6.07) is 13.9. The van der Waals surface area contributed by atoms with Crippen LogP contribution in [0.25, 0.3) is 0 Å². The molecule has 2 rings (SSSR count). The van der Waals surface area contributed by atoms with E-state index in [-0.39, 0.29) is 6.61 Å². The quantitative estimate of drug-likeness (QED) is 0.195. The number of aliphatic hydroxyl groups is 1. The third-order valence-electron chi connectivity index (χ3n) is 4.87. The highest BCUT2D eigenvalue weighted by Gasteiger charge is 2.08. The minimum Gasteiger partial charge on any atom is -0.493 e. The van der Waals surface area contributed by atoms with Crippen molar-refractivity contribution in [3.8, 4) is 17.2 Å². The predicted molar refractivity (Wildman–Crippen MR) is 143 cm³/mol. The van der Waals surface area contributed by atoms with Crippen molar-refractivity contribution >= 4 is 21.6 Å². The lowest BCUT2D eigenvalue weighted by Crippen LogP contribution is -2.32. The van der Waals surface area contributed by atoms with E-state index in [0.29, 0.717) is 26.3 Å². The van der Waals surface area contributed by atoms with Crippen LogP contribution in [0.3, 0.4) is 0 Å². The zero-order valence-corrected chi connectivity index (χ0v) is 21.8. The number of hydrogen-bond donors (Lipinski definition) is 3. The van der Waals surface area contributed by atoms with Crippen LogP contribution in [-0.2, 0) is 17.6 Å². The van der Waals surface area contributed by atoms with Crippen LogP contribution in [0.5, 0.6) is 17.2 Å². The van der Waals surface area contributed by atoms with Crippen molar-refractivity contribution in [2.75, 3.05) is 65.2 Å². The van der Waals surface area contributed by atoms with E-state index in [1.807, 2.05) is 42.5 Å². The molecule has 0 aliphatic rings. The first-order valence-electron chi connectivity index (χ1n) is 11.5. The smallest absolute Gasteiger partial charge is 0.161 e. The topological polar surface area (TPSA) is 95.2 Å². The fourth-order valence-electron chi connectivity index (χ4n) is 3.06. The molecule has 2 aromatic carbocycles. The summed E-state index contributed by atoms with van der Waals surface area (Å²) in [4.78, 5) is 0. The van der Waals surface area contributed by atoms with Gasteiger partial charge in [0, 0.05) is 31.7 Å². The number of aliphatic hydroxyl groups excluding tert-OH is 1. The molecule has 0 saturated carbocycles. The first kappa shape index (κ1) is 28.6. The van der Waals surface area contributed by atoms with E-state index in [9.17, 15) is 5.11 Å². The lowest BCUT2D eigenvalue weighted by molar-refractivity contribution is 0.106. The molecule has 0 saturated heterocycles. The normalized spacial score (nSPS) is 11.9. The summed E-state index contributed by atoms with van der Waals surface area (Å²) in [5.41, 5.74) is 7.83. The Hall–Kier alpha value is -1.62. The Morgan fingerprint density at radius 1 is 0.912 bits per heavy atom. The van der Waals surface area contributed by atoms with Gasteiger partial charge < -0.3 is 35.1 Å². The van der Waals surface area contributed by atoms with Crippen molar-refractivity contribution in [2.24, 2.45) is 5.73 Å². The van der Waals surface area contributed by atoms with Crippen molar-refractivity contribution in [3.05, 3.63) is 53.6 Å². The maximum atomic E-state index is 10.2. The van der Waals surface area contributed by atoms with Crippen molar-refractivity contribution in [3.63, 3.8) is 0 Å². The molecule has 0 fully saturated rings. The van der Waals surface area contributed by atoms with Gasteiger partial charge in [-0.15, -0.1) is 0 Å².